The number of hydrogen-bond donors (Lipinski definition) is 1. The van der Waals surface area contributed by atoms with Crippen molar-refractivity contribution in [3.05, 3.63) is 47.6 Å². The molecule has 3 aliphatic rings. The van der Waals surface area contributed by atoms with Crippen molar-refractivity contribution < 1.29 is 9.13 Å². The lowest BCUT2D eigenvalue weighted by molar-refractivity contribution is 0.188. The average molecular weight is 534 g/mol. The van der Waals surface area contributed by atoms with Crippen LogP contribution in [0.3, 0.4) is 0 Å². The Hall–Kier alpha value is -3.14. The van der Waals surface area contributed by atoms with Gasteiger partial charge in [0.2, 0.25) is 0 Å². The van der Waals surface area contributed by atoms with Gasteiger partial charge in [-0.3, -0.25) is 9.97 Å². The molecule has 1 N–H and O–H groups in total. The maximum Gasteiger partial charge on any atom is 0.319 e. The molecule has 0 radical (unpaired) electrons. The fourth-order valence-corrected chi connectivity index (χ4v) is 6.50. The Morgan fingerprint density at radius 2 is 1.95 bits per heavy atom. The lowest BCUT2D eigenvalue weighted by Crippen LogP contribution is -2.51. The van der Waals surface area contributed by atoms with E-state index in [1.165, 1.54) is 0 Å². The number of fused-ring (bicyclic) bond motifs is 4. The molecule has 3 saturated heterocycles. The summed E-state index contributed by atoms with van der Waals surface area (Å²) >= 11 is 6.54. The van der Waals surface area contributed by atoms with E-state index in [1.54, 1.807) is 24.7 Å². The topological polar surface area (TPSA) is 79.3 Å². The molecule has 7 rings (SSSR count). The Bertz CT molecular complexity index is 1520. The van der Waals surface area contributed by atoms with Crippen LogP contribution in [0.15, 0.2) is 36.8 Å². The third kappa shape index (κ3) is 4.13. The summed E-state index contributed by atoms with van der Waals surface area (Å²) in [6.45, 7) is 3.13. The summed E-state index contributed by atoms with van der Waals surface area (Å²) in [6, 6.07) is 6.84. The maximum atomic E-state index is 16.4. The molecule has 8 nitrogen and oxygen atoms in total. The molecule has 3 aromatic heterocycles. The molecule has 38 heavy (non-hydrogen) atoms. The van der Waals surface area contributed by atoms with E-state index >= 15 is 4.39 Å². The van der Waals surface area contributed by atoms with Gasteiger partial charge in [-0.1, -0.05) is 23.7 Å². The lowest BCUT2D eigenvalue weighted by atomic mass is 10.0. The number of halogens is 2. The van der Waals surface area contributed by atoms with Crippen LogP contribution in [0.5, 0.6) is 6.01 Å². The Kier molecular flexibility index (Phi) is 6.02. The van der Waals surface area contributed by atoms with Crippen LogP contribution in [-0.4, -0.2) is 76.3 Å². The van der Waals surface area contributed by atoms with E-state index in [1.807, 2.05) is 12.1 Å². The van der Waals surface area contributed by atoms with Crippen LogP contribution in [0, 0.1) is 5.82 Å². The van der Waals surface area contributed by atoms with Gasteiger partial charge in [-0.2, -0.15) is 9.97 Å². The molecular formula is C28H29ClFN7O. The number of anilines is 1. The number of piperazine rings is 1. The van der Waals surface area contributed by atoms with E-state index in [0.717, 1.165) is 50.7 Å². The first kappa shape index (κ1) is 23.9. The van der Waals surface area contributed by atoms with Gasteiger partial charge in [-0.25, -0.2) is 4.39 Å². The summed E-state index contributed by atoms with van der Waals surface area (Å²) in [4.78, 5) is 22.8. The Balaban J connectivity index is 1.36. The highest BCUT2D eigenvalue weighted by Gasteiger charge is 2.34. The summed E-state index contributed by atoms with van der Waals surface area (Å²) in [5.74, 6) is 0.150. The molecule has 10 heteroatoms. The Labute approximate surface area is 225 Å². The van der Waals surface area contributed by atoms with E-state index in [4.69, 9.17) is 21.3 Å². The van der Waals surface area contributed by atoms with Crippen molar-refractivity contribution in [2.45, 2.75) is 43.8 Å². The van der Waals surface area contributed by atoms with Crippen molar-refractivity contribution in [2.75, 3.05) is 38.2 Å². The summed E-state index contributed by atoms with van der Waals surface area (Å²) < 4.78 is 22.5. The molecule has 3 fully saturated rings. The van der Waals surface area contributed by atoms with E-state index in [9.17, 15) is 0 Å². The first-order valence-corrected chi connectivity index (χ1v) is 13.7. The number of likely N-dealkylation sites (N-methyl/N-ethyl adjacent to an activating group) is 1. The third-order valence-electron chi connectivity index (χ3n) is 8.22. The summed E-state index contributed by atoms with van der Waals surface area (Å²) in [5.41, 5.74) is 0.892. The second kappa shape index (κ2) is 9.55. The molecular weight excluding hydrogens is 505 g/mol. The van der Waals surface area contributed by atoms with Gasteiger partial charge in [0.1, 0.15) is 23.6 Å². The van der Waals surface area contributed by atoms with Crippen LogP contribution < -0.4 is 15.0 Å². The normalized spacial score (nSPS) is 23.6. The van der Waals surface area contributed by atoms with Gasteiger partial charge in [0.05, 0.1) is 5.39 Å². The standard InChI is InChI=1S/C28H29ClFN7O/c1-36-9-3-5-19(36)15-38-28-34-26-21(27(35-28)37-13-17-7-8-18(14-37)33-17)12-32-25(24(26)30)20-11-31-10-16-4-2-6-22(29)23(16)20/h2,4,6,10-12,17-19,33H,3,5,7-9,13-15H2,1H3. The molecule has 3 unspecified atom stereocenters. The van der Waals surface area contributed by atoms with Crippen LogP contribution in [0.2, 0.25) is 5.02 Å². The van der Waals surface area contributed by atoms with Crippen molar-refractivity contribution in [3.8, 4) is 17.3 Å². The Morgan fingerprint density at radius 1 is 1.11 bits per heavy atom. The van der Waals surface area contributed by atoms with Gasteiger partial charge in [-0.05, 0) is 45.3 Å². The molecule has 0 aliphatic carbocycles. The number of pyridine rings is 2. The van der Waals surface area contributed by atoms with Gasteiger partial charge < -0.3 is 19.9 Å². The minimum Gasteiger partial charge on any atom is -0.462 e. The van der Waals surface area contributed by atoms with Gasteiger partial charge in [0, 0.05) is 71.2 Å². The molecule has 3 atom stereocenters. The van der Waals surface area contributed by atoms with Gasteiger partial charge in [-0.15, -0.1) is 0 Å². The molecule has 1 aromatic carbocycles. The van der Waals surface area contributed by atoms with E-state index < -0.39 is 5.82 Å². The van der Waals surface area contributed by atoms with Crippen LogP contribution >= 0.6 is 11.6 Å². The number of ether oxygens (including phenoxy) is 1. The predicted octanol–water partition coefficient (Wildman–Crippen LogP) is 4.45. The number of benzene rings is 1. The molecule has 196 valence electrons. The molecule has 6 heterocycles. The highest BCUT2D eigenvalue weighted by atomic mass is 35.5. The number of nitrogens with one attached hydrogen (secondary N) is 1. The summed E-state index contributed by atoms with van der Waals surface area (Å²) in [6.07, 6.45) is 9.47. The first-order chi connectivity index (χ1) is 18.5. The van der Waals surface area contributed by atoms with E-state index in [2.05, 4.69) is 37.1 Å². The maximum absolute atomic E-state index is 16.4. The fraction of sp³-hybridized carbons (Fsp3) is 0.429. The zero-order valence-corrected chi connectivity index (χ0v) is 22.0. The minimum absolute atomic E-state index is 0.162. The minimum atomic E-state index is -0.527. The quantitative estimate of drug-likeness (QED) is 0.403. The smallest absolute Gasteiger partial charge is 0.319 e. The van der Waals surface area contributed by atoms with Gasteiger partial charge in [0.15, 0.2) is 5.82 Å². The second-order valence-corrected chi connectivity index (χ2v) is 11.1. The summed E-state index contributed by atoms with van der Waals surface area (Å²) in [5, 5.41) is 6.28. The van der Waals surface area contributed by atoms with Crippen LogP contribution in [0.1, 0.15) is 25.7 Å². The van der Waals surface area contributed by atoms with Gasteiger partial charge in [0.25, 0.3) is 0 Å². The van der Waals surface area contributed by atoms with Crippen LogP contribution in [-0.2, 0) is 0 Å². The van der Waals surface area contributed by atoms with Crippen molar-refractivity contribution in [2.24, 2.45) is 0 Å². The number of likely N-dealkylation sites (tertiary alicyclic amines) is 1. The Morgan fingerprint density at radius 3 is 2.74 bits per heavy atom. The number of nitrogens with zero attached hydrogens (tertiary/aromatic N) is 6. The third-order valence-corrected chi connectivity index (χ3v) is 8.54. The molecule has 3 aliphatic heterocycles. The molecule has 0 saturated carbocycles. The first-order valence-electron chi connectivity index (χ1n) is 13.3. The van der Waals surface area contributed by atoms with Crippen LogP contribution in [0.4, 0.5) is 10.2 Å². The van der Waals surface area contributed by atoms with Crippen LogP contribution in [0.25, 0.3) is 32.9 Å². The monoisotopic (exact) mass is 533 g/mol. The molecule has 4 aromatic rings. The number of aromatic nitrogens is 4. The van der Waals surface area contributed by atoms with Crippen molar-refractivity contribution in [1.82, 2.24) is 30.2 Å². The average Bonchev–Trinajstić information content (AvgIpc) is 3.50. The van der Waals surface area contributed by atoms with E-state index in [0.29, 0.717) is 51.9 Å². The van der Waals surface area contributed by atoms with Crippen molar-refractivity contribution in [3.63, 3.8) is 0 Å². The lowest BCUT2D eigenvalue weighted by Gasteiger charge is -2.34. The molecule has 0 spiro atoms. The zero-order chi connectivity index (χ0) is 25.8. The number of rotatable bonds is 5. The number of hydrogen-bond acceptors (Lipinski definition) is 8. The highest BCUT2D eigenvalue weighted by molar-refractivity contribution is 6.36. The van der Waals surface area contributed by atoms with Gasteiger partial charge >= 0.3 is 6.01 Å². The SMILES string of the molecule is CN1CCCC1COc1nc(N2CC3CCC(C2)N3)c2cnc(-c3cncc4cccc(Cl)c34)c(F)c2n1. The van der Waals surface area contributed by atoms with E-state index in [-0.39, 0.29) is 17.2 Å². The zero-order valence-electron chi connectivity index (χ0n) is 21.2. The molecule has 2 bridgehead atoms. The molecule has 0 amide bonds. The highest BCUT2D eigenvalue weighted by Crippen LogP contribution is 2.37. The van der Waals surface area contributed by atoms with Crippen molar-refractivity contribution in [1.29, 1.82) is 0 Å². The second-order valence-electron chi connectivity index (χ2n) is 10.7. The summed E-state index contributed by atoms with van der Waals surface area (Å²) in [7, 11) is 2.10. The predicted molar refractivity (Wildman–Crippen MR) is 146 cm³/mol. The fourth-order valence-electron chi connectivity index (χ4n) is 6.21. The van der Waals surface area contributed by atoms with Crippen molar-refractivity contribution >= 4 is 39.1 Å². The largest absolute Gasteiger partial charge is 0.462 e.